The summed E-state index contributed by atoms with van der Waals surface area (Å²) in [5, 5.41) is 18.4. The van der Waals surface area contributed by atoms with Crippen LogP contribution in [-0.2, 0) is 13.0 Å². The Hall–Kier alpha value is -1.36. The Bertz CT molecular complexity index is 555. The van der Waals surface area contributed by atoms with E-state index in [0.717, 1.165) is 15.6 Å². The maximum atomic E-state index is 9.32. The van der Waals surface area contributed by atoms with Crippen LogP contribution in [0.15, 0.2) is 46.9 Å². The molecule has 100 valence electrons. The lowest BCUT2D eigenvalue weighted by Crippen LogP contribution is -1.97. The molecule has 0 amide bonds. The van der Waals surface area contributed by atoms with Crippen LogP contribution in [0.4, 0.5) is 0 Å². The van der Waals surface area contributed by atoms with Crippen molar-refractivity contribution in [2.45, 2.75) is 13.0 Å². The van der Waals surface area contributed by atoms with Gasteiger partial charge in [-0.05, 0) is 30.2 Å². The number of hydrogen-bond acceptors (Lipinski definition) is 3. The van der Waals surface area contributed by atoms with Crippen LogP contribution in [-0.4, -0.2) is 16.8 Å². The summed E-state index contributed by atoms with van der Waals surface area (Å²) in [6.07, 6.45) is 0.540. The molecule has 0 unspecified atom stereocenters. The zero-order valence-corrected chi connectivity index (χ0v) is 11.9. The third kappa shape index (κ3) is 3.56. The Morgan fingerprint density at radius 3 is 2.47 bits per heavy atom. The number of ether oxygens (including phenoxy) is 1. The number of hydrogen-bond donors (Lipinski definition) is 2. The first-order chi connectivity index (χ1) is 9.24. The number of para-hydroxylation sites is 1. The normalized spacial score (nSPS) is 10.5. The van der Waals surface area contributed by atoms with Crippen LogP contribution in [0.1, 0.15) is 11.1 Å². The lowest BCUT2D eigenvalue weighted by molar-refractivity contribution is 0.276. The van der Waals surface area contributed by atoms with Gasteiger partial charge in [0.25, 0.3) is 0 Å². The highest BCUT2D eigenvalue weighted by atomic mass is 79.9. The quantitative estimate of drug-likeness (QED) is 0.888. The van der Waals surface area contributed by atoms with Gasteiger partial charge in [-0.2, -0.15) is 0 Å². The monoisotopic (exact) mass is 322 g/mol. The molecular formula is C15H15BrO3. The van der Waals surface area contributed by atoms with Crippen molar-refractivity contribution in [2.75, 3.05) is 6.61 Å². The molecule has 0 saturated heterocycles. The van der Waals surface area contributed by atoms with E-state index in [1.807, 2.05) is 42.5 Å². The molecule has 0 aliphatic carbocycles. The van der Waals surface area contributed by atoms with Crippen molar-refractivity contribution in [1.82, 2.24) is 0 Å². The lowest BCUT2D eigenvalue weighted by Gasteiger charge is -2.13. The fourth-order valence-corrected chi connectivity index (χ4v) is 2.14. The number of aliphatic hydroxyl groups excluding tert-OH is 2. The van der Waals surface area contributed by atoms with E-state index in [2.05, 4.69) is 15.9 Å². The summed E-state index contributed by atoms with van der Waals surface area (Å²) < 4.78 is 6.75. The minimum Gasteiger partial charge on any atom is -0.457 e. The number of benzene rings is 2. The van der Waals surface area contributed by atoms with Gasteiger partial charge in [-0.1, -0.05) is 40.2 Å². The zero-order valence-electron chi connectivity index (χ0n) is 10.3. The summed E-state index contributed by atoms with van der Waals surface area (Å²) in [7, 11) is 0. The molecule has 2 rings (SSSR count). The molecule has 0 atom stereocenters. The van der Waals surface area contributed by atoms with E-state index in [9.17, 15) is 5.11 Å². The molecule has 0 bridgehead atoms. The van der Waals surface area contributed by atoms with Crippen LogP contribution >= 0.6 is 15.9 Å². The second-order valence-corrected chi connectivity index (χ2v) is 5.01. The summed E-state index contributed by atoms with van der Waals surface area (Å²) in [6, 6.07) is 13.1. The van der Waals surface area contributed by atoms with Crippen molar-refractivity contribution in [3.63, 3.8) is 0 Å². The summed E-state index contributed by atoms with van der Waals surface area (Å²) >= 11 is 3.39. The van der Waals surface area contributed by atoms with E-state index < -0.39 is 0 Å². The second kappa shape index (κ2) is 6.70. The Morgan fingerprint density at radius 2 is 1.74 bits per heavy atom. The fraction of sp³-hybridized carbons (Fsp3) is 0.200. The van der Waals surface area contributed by atoms with Gasteiger partial charge in [0.2, 0.25) is 0 Å². The molecule has 3 nitrogen and oxygen atoms in total. The van der Waals surface area contributed by atoms with Gasteiger partial charge in [0.05, 0.1) is 6.61 Å². The first-order valence-electron chi connectivity index (χ1n) is 6.00. The Labute approximate surface area is 120 Å². The van der Waals surface area contributed by atoms with Crippen molar-refractivity contribution >= 4 is 15.9 Å². The van der Waals surface area contributed by atoms with Crippen LogP contribution in [0.25, 0.3) is 0 Å². The SMILES string of the molecule is OCCc1ccccc1Oc1cc(Br)ccc1CO. The van der Waals surface area contributed by atoms with Gasteiger partial charge < -0.3 is 14.9 Å². The molecule has 0 aliphatic rings. The summed E-state index contributed by atoms with van der Waals surface area (Å²) in [5.74, 6) is 1.31. The Kier molecular flexibility index (Phi) is 4.96. The molecule has 0 saturated carbocycles. The van der Waals surface area contributed by atoms with Crippen molar-refractivity contribution in [3.05, 3.63) is 58.1 Å². The molecule has 2 aromatic carbocycles. The molecule has 2 aromatic rings. The highest BCUT2D eigenvalue weighted by molar-refractivity contribution is 9.10. The lowest BCUT2D eigenvalue weighted by atomic mass is 10.1. The van der Waals surface area contributed by atoms with Gasteiger partial charge >= 0.3 is 0 Å². The molecule has 19 heavy (non-hydrogen) atoms. The van der Waals surface area contributed by atoms with Gasteiger partial charge in [-0.3, -0.25) is 0 Å². The van der Waals surface area contributed by atoms with E-state index >= 15 is 0 Å². The standard InChI is InChI=1S/C15H15BrO3/c16-13-6-5-12(10-18)15(9-13)19-14-4-2-1-3-11(14)7-8-17/h1-6,9,17-18H,7-8,10H2. The molecule has 4 heteroatoms. The predicted octanol–water partition coefficient (Wildman–Crippen LogP) is 3.27. The molecule has 0 radical (unpaired) electrons. The largest absolute Gasteiger partial charge is 0.457 e. The van der Waals surface area contributed by atoms with Gasteiger partial charge in [0.15, 0.2) is 0 Å². The van der Waals surface area contributed by atoms with E-state index in [1.165, 1.54) is 0 Å². The first-order valence-corrected chi connectivity index (χ1v) is 6.80. The van der Waals surface area contributed by atoms with Crippen molar-refractivity contribution in [2.24, 2.45) is 0 Å². The maximum Gasteiger partial charge on any atom is 0.134 e. The van der Waals surface area contributed by atoms with E-state index in [4.69, 9.17) is 9.84 Å². The molecular weight excluding hydrogens is 308 g/mol. The van der Waals surface area contributed by atoms with Gasteiger partial charge in [0.1, 0.15) is 11.5 Å². The number of aliphatic hydroxyl groups is 2. The highest BCUT2D eigenvalue weighted by Crippen LogP contribution is 2.30. The first kappa shape index (κ1) is 14.1. The van der Waals surface area contributed by atoms with Crippen molar-refractivity contribution in [3.8, 4) is 11.5 Å². The van der Waals surface area contributed by atoms with Crippen molar-refractivity contribution in [1.29, 1.82) is 0 Å². The third-order valence-electron chi connectivity index (χ3n) is 2.77. The molecule has 0 aliphatic heterocycles. The minimum atomic E-state index is -0.0786. The average molecular weight is 323 g/mol. The van der Waals surface area contributed by atoms with E-state index in [-0.39, 0.29) is 13.2 Å². The van der Waals surface area contributed by atoms with E-state index in [0.29, 0.717) is 17.9 Å². The third-order valence-corrected chi connectivity index (χ3v) is 3.27. The van der Waals surface area contributed by atoms with Crippen LogP contribution in [0.2, 0.25) is 0 Å². The topological polar surface area (TPSA) is 49.7 Å². The van der Waals surface area contributed by atoms with Crippen LogP contribution < -0.4 is 4.74 Å². The van der Waals surface area contributed by atoms with E-state index in [1.54, 1.807) is 0 Å². The van der Waals surface area contributed by atoms with Crippen LogP contribution in [0.3, 0.4) is 0 Å². The summed E-state index contributed by atoms with van der Waals surface area (Å²) in [6.45, 7) is -0.00348. The highest BCUT2D eigenvalue weighted by Gasteiger charge is 2.08. The smallest absolute Gasteiger partial charge is 0.134 e. The number of halogens is 1. The fourth-order valence-electron chi connectivity index (χ4n) is 1.80. The van der Waals surface area contributed by atoms with Crippen LogP contribution in [0, 0.1) is 0 Å². The minimum absolute atomic E-state index is 0.0751. The van der Waals surface area contributed by atoms with Gasteiger partial charge in [-0.25, -0.2) is 0 Å². The van der Waals surface area contributed by atoms with Gasteiger partial charge in [-0.15, -0.1) is 0 Å². The molecule has 0 spiro atoms. The maximum absolute atomic E-state index is 9.32. The Balaban J connectivity index is 2.33. The molecule has 0 heterocycles. The average Bonchev–Trinajstić information content (AvgIpc) is 2.42. The molecule has 0 aromatic heterocycles. The number of rotatable bonds is 5. The second-order valence-electron chi connectivity index (χ2n) is 4.09. The molecule has 2 N–H and O–H groups in total. The summed E-state index contributed by atoms with van der Waals surface area (Å²) in [4.78, 5) is 0. The van der Waals surface area contributed by atoms with Crippen LogP contribution in [0.5, 0.6) is 11.5 Å². The van der Waals surface area contributed by atoms with Gasteiger partial charge in [0, 0.05) is 16.6 Å². The zero-order chi connectivity index (χ0) is 13.7. The predicted molar refractivity (Wildman–Crippen MR) is 77.4 cm³/mol. The summed E-state index contributed by atoms with van der Waals surface area (Å²) in [5.41, 5.74) is 1.66. The molecule has 0 fully saturated rings. The van der Waals surface area contributed by atoms with Crippen molar-refractivity contribution < 1.29 is 14.9 Å². The Morgan fingerprint density at radius 1 is 0.947 bits per heavy atom.